The van der Waals surface area contributed by atoms with E-state index in [9.17, 15) is 4.79 Å². The minimum Gasteiger partial charge on any atom is -0.481 e. The van der Waals surface area contributed by atoms with Gasteiger partial charge in [-0.3, -0.25) is 4.79 Å². The summed E-state index contributed by atoms with van der Waals surface area (Å²) >= 11 is 0. The first-order valence-corrected chi connectivity index (χ1v) is 9.90. The molecule has 0 bridgehead atoms. The molecule has 0 unspecified atom stereocenters. The predicted molar refractivity (Wildman–Crippen MR) is 98.6 cm³/mol. The van der Waals surface area contributed by atoms with E-state index in [1.165, 1.54) is 24.8 Å². The van der Waals surface area contributed by atoms with Crippen molar-refractivity contribution in [2.45, 2.75) is 62.9 Å². The maximum atomic E-state index is 11.0. The van der Waals surface area contributed by atoms with Crippen molar-refractivity contribution in [3.8, 4) is 0 Å². The van der Waals surface area contributed by atoms with Gasteiger partial charge >= 0.3 is 5.97 Å². The zero-order valence-corrected chi connectivity index (χ0v) is 14.9. The lowest BCUT2D eigenvalue weighted by Gasteiger charge is -2.29. The van der Waals surface area contributed by atoms with Gasteiger partial charge in [-0.15, -0.1) is 0 Å². The maximum absolute atomic E-state index is 11.0. The number of aliphatic carboxylic acids is 1. The number of hydrogen-bond donors (Lipinski definition) is 3. The number of carbonyl (C=O) groups is 1. The van der Waals surface area contributed by atoms with E-state index in [-0.39, 0.29) is 5.92 Å². The van der Waals surface area contributed by atoms with Crippen molar-refractivity contribution in [3.63, 3.8) is 0 Å². The summed E-state index contributed by atoms with van der Waals surface area (Å²) in [5.41, 5.74) is 1.92. The van der Waals surface area contributed by atoms with Gasteiger partial charge in [0.05, 0.1) is 5.92 Å². The molecule has 4 heteroatoms. The van der Waals surface area contributed by atoms with E-state index in [4.69, 9.17) is 5.11 Å². The SMILES string of the molecule is O=C(O)[C@H]1CC[C@H](NCC2(CN[C@H]3C[C@@H]3c3ccccc3)CC2)CC1. The molecule has 0 amide bonds. The van der Waals surface area contributed by atoms with E-state index in [1.54, 1.807) is 0 Å². The molecular weight excluding hydrogens is 312 g/mol. The first-order chi connectivity index (χ1) is 12.2. The average molecular weight is 342 g/mol. The molecule has 136 valence electrons. The van der Waals surface area contributed by atoms with Crippen LogP contribution < -0.4 is 10.6 Å². The largest absolute Gasteiger partial charge is 0.481 e. The third-order valence-corrected chi connectivity index (χ3v) is 6.56. The molecule has 3 N–H and O–H groups in total. The molecule has 0 saturated heterocycles. The number of carboxylic acids is 1. The second-order valence-electron chi connectivity index (χ2n) is 8.51. The number of carboxylic acid groups (broad SMARTS) is 1. The van der Waals surface area contributed by atoms with Crippen LogP contribution in [-0.2, 0) is 4.79 Å². The summed E-state index contributed by atoms with van der Waals surface area (Å²) in [5.74, 6) is -0.0191. The third-order valence-electron chi connectivity index (χ3n) is 6.56. The van der Waals surface area contributed by atoms with E-state index in [2.05, 4.69) is 41.0 Å². The highest BCUT2D eigenvalue weighted by atomic mass is 16.4. The van der Waals surface area contributed by atoms with Gasteiger partial charge in [-0.05, 0) is 55.9 Å². The standard InChI is InChI=1S/C21H30N2O2/c24-20(25)16-6-8-17(9-7-16)22-13-21(10-11-21)14-23-19-12-18(19)15-4-2-1-3-5-15/h1-5,16-19,22-23H,6-14H2,(H,24,25)/t16-,17-,18-,19+/m1/s1. The van der Waals surface area contributed by atoms with Crippen molar-refractivity contribution >= 4 is 5.97 Å². The highest BCUT2D eigenvalue weighted by Crippen LogP contribution is 2.47. The summed E-state index contributed by atoms with van der Waals surface area (Å²) in [4.78, 5) is 11.0. The van der Waals surface area contributed by atoms with Crippen LogP contribution in [0.5, 0.6) is 0 Å². The Morgan fingerprint density at radius 1 is 1.04 bits per heavy atom. The molecule has 3 fully saturated rings. The van der Waals surface area contributed by atoms with Crippen LogP contribution in [0.15, 0.2) is 30.3 Å². The summed E-state index contributed by atoms with van der Waals surface area (Å²) in [6.45, 7) is 2.21. The Morgan fingerprint density at radius 3 is 2.36 bits per heavy atom. The number of benzene rings is 1. The van der Waals surface area contributed by atoms with Crippen molar-refractivity contribution in [2.24, 2.45) is 11.3 Å². The van der Waals surface area contributed by atoms with Crippen LogP contribution in [0.25, 0.3) is 0 Å². The molecule has 1 aromatic rings. The molecule has 4 nitrogen and oxygen atoms in total. The fraction of sp³-hybridized carbons (Fsp3) is 0.667. The second kappa shape index (κ2) is 7.08. The topological polar surface area (TPSA) is 61.4 Å². The summed E-state index contributed by atoms with van der Waals surface area (Å²) in [6.07, 6.45) is 7.60. The molecule has 25 heavy (non-hydrogen) atoms. The van der Waals surface area contributed by atoms with Crippen molar-refractivity contribution in [1.82, 2.24) is 10.6 Å². The van der Waals surface area contributed by atoms with Gasteiger partial charge in [0.25, 0.3) is 0 Å². The smallest absolute Gasteiger partial charge is 0.306 e. The van der Waals surface area contributed by atoms with Crippen LogP contribution in [0.3, 0.4) is 0 Å². The minimum absolute atomic E-state index is 0.112. The molecule has 0 spiro atoms. The Kier molecular flexibility index (Phi) is 4.83. The summed E-state index contributed by atoms with van der Waals surface area (Å²) < 4.78 is 0. The Labute approximate surface area is 150 Å². The van der Waals surface area contributed by atoms with Gasteiger partial charge in [0.15, 0.2) is 0 Å². The van der Waals surface area contributed by atoms with Gasteiger partial charge in [-0.1, -0.05) is 30.3 Å². The predicted octanol–water partition coefficient (Wildman–Crippen LogP) is 3.15. The molecule has 3 aliphatic carbocycles. The fourth-order valence-electron chi connectivity index (χ4n) is 4.33. The first-order valence-electron chi connectivity index (χ1n) is 9.90. The zero-order valence-electron chi connectivity index (χ0n) is 14.9. The van der Waals surface area contributed by atoms with Crippen LogP contribution in [0.4, 0.5) is 0 Å². The Hall–Kier alpha value is -1.39. The van der Waals surface area contributed by atoms with Crippen molar-refractivity contribution in [3.05, 3.63) is 35.9 Å². The van der Waals surface area contributed by atoms with E-state index in [0.717, 1.165) is 38.8 Å². The minimum atomic E-state index is -0.612. The van der Waals surface area contributed by atoms with Gasteiger partial charge in [0.2, 0.25) is 0 Å². The summed E-state index contributed by atoms with van der Waals surface area (Å²) in [5, 5.41) is 16.6. The quantitative estimate of drug-likeness (QED) is 0.679. The molecule has 3 saturated carbocycles. The van der Waals surface area contributed by atoms with Gasteiger partial charge in [-0.2, -0.15) is 0 Å². The molecule has 2 atom stereocenters. The third kappa shape index (κ3) is 4.24. The van der Waals surface area contributed by atoms with Crippen LogP contribution in [0.1, 0.15) is 56.4 Å². The van der Waals surface area contributed by atoms with E-state index >= 15 is 0 Å². The fourth-order valence-corrected chi connectivity index (χ4v) is 4.33. The summed E-state index contributed by atoms with van der Waals surface area (Å²) in [7, 11) is 0. The van der Waals surface area contributed by atoms with Crippen molar-refractivity contribution in [1.29, 1.82) is 0 Å². The van der Waals surface area contributed by atoms with E-state index < -0.39 is 5.97 Å². The van der Waals surface area contributed by atoms with Crippen molar-refractivity contribution < 1.29 is 9.90 Å². The molecule has 1 aromatic carbocycles. The number of hydrogen-bond acceptors (Lipinski definition) is 3. The number of nitrogens with one attached hydrogen (secondary N) is 2. The maximum Gasteiger partial charge on any atom is 0.306 e. The van der Waals surface area contributed by atoms with Gasteiger partial charge in [0, 0.05) is 31.1 Å². The summed E-state index contributed by atoms with van der Waals surface area (Å²) in [6, 6.07) is 12.0. The van der Waals surface area contributed by atoms with Gasteiger partial charge in [-0.25, -0.2) is 0 Å². The average Bonchev–Trinajstić information content (AvgIpc) is 3.55. The van der Waals surface area contributed by atoms with E-state index in [1.807, 2.05) is 0 Å². The Bertz CT molecular complexity index is 591. The molecule has 0 heterocycles. The van der Waals surface area contributed by atoms with Crippen LogP contribution >= 0.6 is 0 Å². The van der Waals surface area contributed by atoms with Crippen molar-refractivity contribution in [2.75, 3.05) is 13.1 Å². The lowest BCUT2D eigenvalue weighted by Crippen LogP contribution is -2.41. The molecule has 3 aliphatic rings. The van der Waals surface area contributed by atoms with Crippen LogP contribution in [0.2, 0.25) is 0 Å². The molecule has 0 aromatic heterocycles. The first kappa shape index (κ1) is 17.0. The number of rotatable bonds is 8. The lowest BCUT2D eigenvalue weighted by molar-refractivity contribution is -0.142. The highest BCUT2D eigenvalue weighted by Gasteiger charge is 2.45. The Balaban J connectivity index is 1.16. The van der Waals surface area contributed by atoms with Crippen LogP contribution in [-0.4, -0.2) is 36.2 Å². The highest BCUT2D eigenvalue weighted by molar-refractivity contribution is 5.70. The van der Waals surface area contributed by atoms with Gasteiger partial charge in [0.1, 0.15) is 0 Å². The van der Waals surface area contributed by atoms with Crippen LogP contribution in [0, 0.1) is 11.3 Å². The lowest BCUT2D eigenvalue weighted by atomic mass is 9.86. The molecular formula is C21H30N2O2. The monoisotopic (exact) mass is 342 g/mol. The van der Waals surface area contributed by atoms with Gasteiger partial charge < -0.3 is 15.7 Å². The van der Waals surface area contributed by atoms with E-state index in [0.29, 0.717) is 23.4 Å². The zero-order chi connectivity index (χ0) is 17.3. The second-order valence-corrected chi connectivity index (χ2v) is 8.51. The Morgan fingerprint density at radius 2 is 1.72 bits per heavy atom. The molecule has 0 aliphatic heterocycles. The normalized spacial score (nSPS) is 33.0. The molecule has 4 rings (SSSR count). The molecule has 0 radical (unpaired) electrons.